The number of aromatic amines is 1. The smallest absolute Gasteiger partial charge is 0.260 e. The summed E-state index contributed by atoms with van der Waals surface area (Å²) in [6.45, 7) is 2.01. The van der Waals surface area contributed by atoms with Crippen LogP contribution in [0.15, 0.2) is 51.7 Å². The van der Waals surface area contributed by atoms with Gasteiger partial charge in [0.05, 0.1) is 5.39 Å². The molecule has 0 aliphatic heterocycles. The predicted molar refractivity (Wildman–Crippen MR) is 117 cm³/mol. The number of rotatable bonds is 3. The van der Waals surface area contributed by atoms with Crippen LogP contribution < -0.4 is 5.56 Å². The molecule has 1 N–H and O–H groups in total. The normalized spacial score (nSPS) is 11.3. The fourth-order valence-electron chi connectivity index (χ4n) is 3.06. The number of nitrogens with one attached hydrogen (secondary N) is 1. The van der Waals surface area contributed by atoms with Crippen LogP contribution in [0.5, 0.6) is 0 Å². The maximum Gasteiger partial charge on any atom is 0.260 e. The van der Waals surface area contributed by atoms with Crippen LogP contribution in [-0.2, 0) is 6.42 Å². The third kappa shape index (κ3) is 3.69. The van der Waals surface area contributed by atoms with E-state index >= 15 is 0 Å². The van der Waals surface area contributed by atoms with Crippen LogP contribution in [0.3, 0.4) is 0 Å². The molecule has 4 rings (SSSR count). The van der Waals surface area contributed by atoms with Crippen molar-refractivity contribution in [3.8, 4) is 11.1 Å². The summed E-state index contributed by atoms with van der Waals surface area (Å²) < 4.78 is 0.998. The van der Waals surface area contributed by atoms with Crippen molar-refractivity contribution >= 4 is 60.7 Å². The molecule has 136 valence electrons. The van der Waals surface area contributed by atoms with Gasteiger partial charge in [-0.1, -0.05) is 57.3 Å². The SMILES string of the molecule is Cc1sc2nc(Cc3ccc(Cl)cc3Cl)[nH]c(=O)c2c1-c1ccc(Br)cc1. The maximum atomic E-state index is 12.9. The third-order valence-electron chi connectivity index (χ3n) is 4.29. The number of hydrogen-bond acceptors (Lipinski definition) is 3. The quantitative estimate of drug-likeness (QED) is 0.358. The summed E-state index contributed by atoms with van der Waals surface area (Å²) in [5.41, 5.74) is 2.67. The van der Waals surface area contributed by atoms with Crippen LogP contribution in [0.4, 0.5) is 0 Å². The van der Waals surface area contributed by atoms with Gasteiger partial charge in [-0.2, -0.15) is 0 Å². The van der Waals surface area contributed by atoms with Gasteiger partial charge in [0, 0.05) is 31.4 Å². The Hall–Kier alpha value is -1.66. The molecule has 0 amide bonds. The molecular weight excluding hydrogens is 467 g/mol. The van der Waals surface area contributed by atoms with E-state index in [2.05, 4.69) is 25.9 Å². The molecule has 0 aliphatic rings. The summed E-state index contributed by atoms with van der Waals surface area (Å²) in [5.74, 6) is 0.584. The number of benzene rings is 2. The van der Waals surface area contributed by atoms with Gasteiger partial charge in [-0.15, -0.1) is 11.3 Å². The van der Waals surface area contributed by atoms with E-state index in [1.165, 1.54) is 11.3 Å². The van der Waals surface area contributed by atoms with Gasteiger partial charge in [-0.25, -0.2) is 4.98 Å². The number of nitrogens with zero attached hydrogens (tertiary/aromatic N) is 1. The first-order valence-electron chi connectivity index (χ1n) is 8.14. The van der Waals surface area contributed by atoms with Crippen molar-refractivity contribution in [2.24, 2.45) is 0 Å². The lowest BCUT2D eigenvalue weighted by molar-refractivity contribution is 0.977. The van der Waals surface area contributed by atoms with Crippen molar-refractivity contribution in [3.63, 3.8) is 0 Å². The van der Waals surface area contributed by atoms with Gasteiger partial charge in [0.1, 0.15) is 10.7 Å². The Kier molecular flexibility index (Phi) is 5.12. The number of halogens is 3. The lowest BCUT2D eigenvalue weighted by Crippen LogP contribution is -2.12. The van der Waals surface area contributed by atoms with Crippen LogP contribution in [0.1, 0.15) is 16.3 Å². The highest BCUT2D eigenvalue weighted by Crippen LogP contribution is 2.36. The monoisotopic (exact) mass is 478 g/mol. The molecule has 0 fully saturated rings. The zero-order valence-corrected chi connectivity index (χ0v) is 18.1. The highest BCUT2D eigenvalue weighted by molar-refractivity contribution is 9.10. The molecule has 0 spiro atoms. The zero-order chi connectivity index (χ0) is 19.1. The Bertz CT molecular complexity index is 1220. The standard InChI is InChI=1S/C20H13BrCl2N2OS/c1-10-17(11-2-5-13(21)6-3-11)18-19(26)24-16(25-20(18)27-10)8-12-4-7-14(22)9-15(12)23/h2-7,9H,8H2,1H3,(H,24,25,26). The Morgan fingerprint density at radius 3 is 2.59 bits per heavy atom. The highest BCUT2D eigenvalue weighted by Gasteiger charge is 2.17. The van der Waals surface area contributed by atoms with Gasteiger partial charge in [0.25, 0.3) is 5.56 Å². The maximum absolute atomic E-state index is 12.9. The molecule has 0 aliphatic carbocycles. The first-order chi connectivity index (χ1) is 12.9. The largest absolute Gasteiger partial charge is 0.310 e. The molecule has 0 unspecified atom stereocenters. The molecule has 2 aromatic heterocycles. The first kappa shape index (κ1) is 18.7. The van der Waals surface area contributed by atoms with E-state index in [9.17, 15) is 4.79 Å². The number of hydrogen-bond donors (Lipinski definition) is 1. The predicted octanol–water partition coefficient (Wildman–Crippen LogP) is 6.62. The van der Waals surface area contributed by atoms with Crippen molar-refractivity contribution in [2.45, 2.75) is 13.3 Å². The van der Waals surface area contributed by atoms with Gasteiger partial charge < -0.3 is 4.98 Å². The molecule has 27 heavy (non-hydrogen) atoms. The second kappa shape index (κ2) is 7.40. The second-order valence-electron chi connectivity index (χ2n) is 6.15. The van der Waals surface area contributed by atoms with Crippen molar-refractivity contribution < 1.29 is 0 Å². The number of thiophene rings is 1. The van der Waals surface area contributed by atoms with E-state index in [1.54, 1.807) is 12.1 Å². The number of aromatic nitrogens is 2. The number of H-pyrrole nitrogens is 1. The Balaban J connectivity index is 1.81. The molecule has 0 radical (unpaired) electrons. The van der Waals surface area contributed by atoms with E-state index in [-0.39, 0.29) is 5.56 Å². The summed E-state index contributed by atoms with van der Waals surface area (Å²) in [7, 11) is 0. The van der Waals surface area contributed by atoms with Gasteiger partial charge in [-0.05, 0) is 42.3 Å². The van der Waals surface area contributed by atoms with E-state index in [0.29, 0.717) is 27.7 Å². The molecule has 0 saturated carbocycles. The summed E-state index contributed by atoms with van der Waals surface area (Å²) in [4.78, 5) is 22.2. The van der Waals surface area contributed by atoms with Gasteiger partial charge in [0.15, 0.2) is 0 Å². The minimum atomic E-state index is -0.137. The van der Waals surface area contributed by atoms with Crippen LogP contribution in [-0.4, -0.2) is 9.97 Å². The Morgan fingerprint density at radius 2 is 1.89 bits per heavy atom. The highest BCUT2D eigenvalue weighted by atomic mass is 79.9. The van der Waals surface area contributed by atoms with Gasteiger partial charge >= 0.3 is 0 Å². The van der Waals surface area contributed by atoms with Crippen LogP contribution in [0, 0.1) is 6.92 Å². The average molecular weight is 480 g/mol. The Labute approximate surface area is 178 Å². The molecule has 4 aromatic rings. The van der Waals surface area contributed by atoms with Crippen LogP contribution in [0.25, 0.3) is 21.3 Å². The molecule has 2 aromatic carbocycles. The fourth-order valence-corrected chi connectivity index (χ4v) is 4.86. The summed E-state index contributed by atoms with van der Waals surface area (Å²) in [5, 5.41) is 1.77. The summed E-state index contributed by atoms with van der Waals surface area (Å²) in [6, 6.07) is 13.3. The van der Waals surface area contributed by atoms with Crippen molar-refractivity contribution in [2.75, 3.05) is 0 Å². The lowest BCUT2D eigenvalue weighted by atomic mass is 10.0. The van der Waals surface area contributed by atoms with Crippen molar-refractivity contribution in [1.82, 2.24) is 9.97 Å². The Morgan fingerprint density at radius 1 is 1.15 bits per heavy atom. The summed E-state index contributed by atoms with van der Waals surface area (Å²) in [6.07, 6.45) is 0.436. The fraction of sp³-hybridized carbons (Fsp3) is 0.100. The lowest BCUT2D eigenvalue weighted by Gasteiger charge is -2.05. The van der Waals surface area contributed by atoms with Gasteiger partial charge in [0.2, 0.25) is 0 Å². The van der Waals surface area contributed by atoms with Crippen molar-refractivity contribution in [1.29, 1.82) is 0 Å². The summed E-state index contributed by atoms with van der Waals surface area (Å²) >= 11 is 17.2. The average Bonchev–Trinajstić information content (AvgIpc) is 2.95. The van der Waals surface area contributed by atoms with E-state index < -0.39 is 0 Å². The molecule has 3 nitrogen and oxygen atoms in total. The molecule has 0 bridgehead atoms. The molecule has 7 heteroatoms. The first-order valence-corrected chi connectivity index (χ1v) is 10.5. The molecular formula is C20H13BrCl2N2OS. The third-order valence-corrected chi connectivity index (χ3v) is 6.41. The number of aryl methyl sites for hydroxylation is 1. The minimum Gasteiger partial charge on any atom is -0.310 e. The van der Waals surface area contributed by atoms with E-state index in [4.69, 9.17) is 23.2 Å². The van der Waals surface area contributed by atoms with Crippen molar-refractivity contribution in [3.05, 3.63) is 83.6 Å². The topological polar surface area (TPSA) is 45.8 Å². The van der Waals surface area contributed by atoms with Gasteiger partial charge in [-0.3, -0.25) is 4.79 Å². The van der Waals surface area contributed by atoms with E-state index in [1.807, 2.05) is 37.3 Å². The number of fused-ring (bicyclic) bond motifs is 1. The molecule has 2 heterocycles. The van der Waals surface area contributed by atoms with Crippen LogP contribution in [0.2, 0.25) is 10.0 Å². The van der Waals surface area contributed by atoms with Crippen LogP contribution >= 0.6 is 50.5 Å². The molecule has 0 atom stereocenters. The molecule has 0 saturated heterocycles. The second-order valence-corrected chi connectivity index (χ2v) is 9.11. The minimum absolute atomic E-state index is 0.137. The zero-order valence-electron chi connectivity index (χ0n) is 14.1. The van der Waals surface area contributed by atoms with E-state index in [0.717, 1.165) is 30.9 Å².